The lowest BCUT2D eigenvalue weighted by Gasteiger charge is -2.53. The summed E-state index contributed by atoms with van der Waals surface area (Å²) in [6, 6.07) is 15.1. The number of likely N-dealkylation sites (tertiary alicyclic amines) is 1. The maximum Gasteiger partial charge on any atom is 0.229 e. The van der Waals surface area contributed by atoms with Crippen molar-refractivity contribution in [3.05, 3.63) is 82.4 Å². The number of benzene rings is 2. The quantitative estimate of drug-likeness (QED) is 0.417. The fraction of sp³-hybridized carbons (Fsp3) is 0.444. The van der Waals surface area contributed by atoms with Gasteiger partial charge in [0.2, 0.25) is 5.91 Å². The number of hydrogen-bond acceptors (Lipinski definition) is 2. The van der Waals surface area contributed by atoms with Gasteiger partial charge in [-0.1, -0.05) is 74.3 Å². The summed E-state index contributed by atoms with van der Waals surface area (Å²) in [6.07, 6.45) is 3.84. The van der Waals surface area contributed by atoms with E-state index in [1.54, 1.807) is 0 Å². The van der Waals surface area contributed by atoms with E-state index in [-0.39, 0.29) is 36.4 Å². The minimum Gasteiger partial charge on any atom is -0.394 e. The van der Waals surface area contributed by atoms with Gasteiger partial charge in [0.25, 0.3) is 0 Å². The molecule has 0 saturated carbocycles. The van der Waals surface area contributed by atoms with Crippen LogP contribution in [-0.4, -0.2) is 28.6 Å². The Morgan fingerprint density at radius 1 is 1.16 bits per heavy atom. The number of rotatable bonds is 8. The lowest BCUT2D eigenvalue weighted by atomic mass is 9.64. The van der Waals surface area contributed by atoms with Gasteiger partial charge in [-0.2, -0.15) is 0 Å². The number of piperidine rings is 1. The van der Waals surface area contributed by atoms with Crippen LogP contribution in [0.1, 0.15) is 63.1 Å². The van der Waals surface area contributed by atoms with E-state index < -0.39 is 5.41 Å². The molecular formula is C27H33Cl2NO2. The van der Waals surface area contributed by atoms with Crippen LogP contribution in [0.2, 0.25) is 10.0 Å². The van der Waals surface area contributed by atoms with Gasteiger partial charge in [-0.25, -0.2) is 0 Å². The standard InChI is InChI=1S/C27H33Cl2NO2/c1-5-14-27(6-2)16-23(20-8-7-9-22(29)15-20)25(19-10-12-21(28)13-11-19)30(26(27)32)24(17-31)18(3)4/h5,7-13,15,18,23-25,31H,1,6,14,16-17H2,2-4H3. The molecule has 32 heavy (non-hydrogen) atoms. The summed E-state index contributed by atoms with van der Waals surface area (Å²) >= 11 is 12.6. The van der Waals surface area contributed by atoms with Crippen molar-refractivity contribution in [3.63, 3.8) is 0 Å². The van der Waals surface area contributed by atoms with Gasteiger partial charge in [0.05, 0.1) is 24.1 Å². The summed E-state index contributed by atoms with van der Waals surface area (Å²) in [5, 5.41) is 11.7. The van der Waals surface area contributed by atoms with Crippen LogP contribution in [0.3, 0.4) is 0 Å². The van der Waals surface area contributed by atoms with E-state index in [0.717, 1.165) is 11.1 Å². The molecule has 4 atom stereocenters. The largest absolute Gasteiger partial charge is 0.394 e. The number of hydrogen-bond donors (Lipinski definition) is 1. The number of aliphatic hydroxyl groups is 1. The molecule has 1 N–H and O–H groups in total. The van der Waals surface area contributed by atoms with E-state index in [9.17, 15) is 9.90 Å². The van der Waals surface area contributed by atoms with Crippen LogP contribution in [0.4, 0.5) is 0 Å². The minimum absolute atomic E-state index is 0.0141. The maximum atomic E-state index is 14.2. The van der Waals surface area contributed by atoms with E-state index >= 15 is 0 Å². The van der Waals surface area contributed by atoms with Gasteiger partial charge >= 0.3 is 0 Å². The Kier molecular flexibility index (Phi) is 8.08. The number of amides is 1. The molecule has 0 bridgehead atoms. The molecule has 3 nitrogen and oxygen atoms in total. The van der Waals surface area contributed by atoms with Crippen molar-refractivity contribution < 1.29 is 9.90 Å². The summed E-state index contributed by atoms with van der Waals surface area (Å²) in [6.45, 7) is 10.0. The van der Waals surface area contributed by atoms with Crippen molar-refractivity contribution in [1.29, 1.82) is 0 Å². The van der Waals surface area contributed by atoms with Crippen LogP contribution in [0, 0.1) is 11.3 Å². The van der Waals surface area contributed by atoms with E-state index in [2.05, 4.69) is 33.4 Å². The third-order valence-electron chi connectivity index (χ3n) is 6.99. The summed E-state index contributed by atoms with van der Waals surface area (Å²) in [5.41, 5.74) is 1.53. The molecule has 1 aliphatic heterocycles. The van der Waals surface area contributed by atoms with Gasteiger partial charge in [-0.3, -0.25) is 4.79 Å². The molecule has 2 aromatic carbocycles. The van der Waals surface area contributed by atoms with Gasteiger partial charge in [-0.05, 0) is 60.6 Å². The Balaban J connectivity index is 2.27. The highest BCUT2D eigenvalue weighted by Gasteiger charge is 2.52. The first-order valence-corrected chi connectivity index (χ1v) is 12.1. The second-order valence-electron chi connectivity index (χ2n) is 9.20. The van der Waals surface area contributed by atoms with Crippen molar-refractivity contribution in [3.8, 4) is 0 Å². The number of carbonyl (C=O) groups excluding carboxylic acids is 1. The molecule has 3 rings (SSSR count). The predicted molar refractivity (Wildman–Crippen MR) is 133 cm³/mol. The molecule has 1 heterocycles. The fourth-order valence-corrected chi connectivity index (χ4v) is 5.49. The van der Waals surface area contributed by atoms with Crippen LogP contribution in [0.25, 0.3) is 0 Å². The van der Waals surface area contributed by atoms with E-state index in [1.165, 1.54) is 0 Å². The van der Waals surface area contributed by atoms with Crippen LogP contribution in [-0.2, 0) is 4.79 Å². The van der Waals surface area contributed by atoms with Gasteiger partial charge < -0.3 is 10.0 Å². The molecule has 0 aromatic heterocycles. The highest BCUT2D eigenvalue weighted by atomic mass is 35.5. The molecular weight excluding hydrogens is 441 g/mol. The Bertz CT molecular complexity index is 943. The molecule has 0 radical (unpaired) electrons. The first kappa shape index (κ1) is 24.8. The van der Waals surface area contributed by atoms with Crippen LogP contribution in [0.15, 0.2) is 61.2 Å². The molecule has 1 amide bonds. The van der Waals surface area contributed by atoms with E-state index in [0.29, 0.717) is 29.3 Å². The number of halogens is 2. The topological polar surface area (TPSA) is 40.5 Å². The summed E-state index contributed by atoms with van der Waals surface area (Å²) in [4.78, 5) is 16.1. The smallest absolute Gasteiger partial charge is 0.229 e. The Hall–Kier alpha value is -1.81. The van der Waals surface area contributed by atoms with Gasteiger partial charge in [-0.15, -0.1) is 6.58 Å². The Morgan fingerprint density at radius 2 is 1.84 bits per heavy atom. The van der Waals surface area contributed by atoms with Crippen LogP contribution < -0.4 is 0 Å². The number of nitrogens with zero attached hydrogens (tertiary/aromatic N) is 1. The molecule has 1 saturated heterocycles. The van der Waals surface area contributed by atoms with Crippen molar-refractivity contribution in [2.24, 2.45) is 11.3 Å². The van der Waals surface area contributed by atoms with Crippen LogP contribution in [0.5, 0.6) is 0 Å². The molecule has 4 unspecified atom stereocenters. The summed E-state index contributed by atoms with van der Waals surface area (Å²) in [7, 11) is 0. The monoisotopic (exact) mass is 473 g/mol. The lowest BCUT2D eigenvalue weighted by Crippen LogP contribution is -2.58. The summed E-state index contributed by atoms with van der Waals surface area (Å²) in [5.74, 6) is 0.196. The highest BCUT2D eigenvalue weighted by molar-refractivity contribution is 6.30. The fourth-order valence-electron chi connectivity index (χ4n) is 5.17. The molecule has 0 aliphatic carbocycles. The summed E-state index contributed by atoms with van der Waals surface area (Å²) < 4.78 is 0. The minimum atomic E-state index is -0.569. The predicted octanol–water partition coefficient (Wildman–Crippen LogP) is 7.04. The first-order valence-electron chi connectivity index (χ1n) is 11.3. The second-order valence-corrected chi connectivity index (χ2v) is 10.1. The number of allylic oxidation sites excluding steroid dienone is 1. The number of carbonyl (C=O) groups is 1. The molecule has 1 fully saturated rings. The zero-order chi connectivity index (χ0) is 23.5. The molecule has 2 aromatic rings. The average molecular weight is 474 g/mol. The molecule has 0 spiro atoms. The average Bonchev–Trinajstić information content (AvgIpc) is 2.77. The zero-order valence-corrected chi connectivity index (χ0v) is 20.6. The first-order chi connectivity index (χ1) is 15.3. The van der Waals surface area contributed by atoms with Crippen molar-refractivity contribution >= 4 is 29.1 Å². The van der Waals surface area contributed by atoms with Gasteiger partial charge in [0, 0.05) is 16.0 Å². The Morgan fingerprint density at radius 3 is 2.38 bits per heavy atom. The van der Waals surface area contributed by atoms with Gasteiger partial charge in [0.1, 0.15) is 0 Å². The second kappa shape index (κ2) is 10.4. The third-order valence-corrected chi connectivity index (χ3v) is 7.48. The van der Waals surface area contributed by atoms with Crippen molar-refractivity contribution in [2.75, 3.05) is 6.61 Å². The normalized spacial score (nSPS) is 24.6. The maximum absolute atomic E-state index is 14.2. The third kappa shape index (κ3) is 4.76. The van der Waals surface area contributed by atoms with Crippen molar-refractivity contribution in [2.45, 2.75) is 58.0 Å². The van der Waals surface area contributed by atoms with Crippen molar-refractivity contribution in [1.82, 2.24) is 4.90 Å². The van der Waals surface area contributed by atoms with E-state index in [4.69, 9.17) is 23.2 Å². The molecule has 5 heteroatoms. The molecule has 172 valence electrons. The molecule has 1 aliphatic rings. The lowest BCUT2D eigenvalue weighted by molar-refractivity contribution is -0.159. The van der Waals surface area contributed by atoms with Gasteiger partial charge in [0.15, 0.2) is 0 Å². The number of aliphatic hydroxyl groups excluding tert-OH is 1. The van der Waals surface area contributed by atoms with E-state index in [1.807, 2.05) is 53.4 Å². The van der Waals surface area contributed by atoms with Crippen LogP contribution >= 0.6 is 23.2 Å². The SMILES string of the molecule is C=CCC1(CC)CC(c2cccc(Cl)c2)C(c2ccc(Cl)cc2)N(C(CO)C(C)C)C1=O. The highest BCUT2D eigenvalue weighted by Crippen LogP contribution is 2.53. The Labute approximate surface area is 202 Å². The zero-order valence-electron chi connectivity index (χ0n) is 19.1.